The highest BCUT2D eigenvalue weighted by atomic mass is 127. The van der Waals surface area contributed by atoms with E-state index in [1.807, 2.05) is 37.3 Å². The minimum Gasteiger partial charge on any atom is -0.370 e. The molecule has 106 valence electrons. The molecule has 0 unspecified atom stereocenters. The molecular weight excluding hydrogens is 368 g/mol. The predicted octanol–water partition coefficient (Wildman–Crippen LogP) is 3.68. The second-order valence-electron chi connectivity index (χ2n) is 4.32. The molecule has 0 aromatic heterocycles. The van der Waals surface area contributed by atoms with Crippen LogP contribution in [-0.2, 0) is 6.54 Å². The average Bonchev–Trinajstić information content (AvgIpc) is 2.39. The van der Waals surface area contributed by atoms with E-state index in [4.69, 9.17) is 5.73 Å². The summed E-state index contributed by atoms with van der Waals surface area (Å²) < 4.78 is 13.0. The van der Waals surface area contributed by atoms with Gasteiger partial charge in [-0.3, -0.25) is 0 Å². The van der Waals surface area contributed by atoms with Crippen molar-refractivity contribution in [3.8, 4) is 0 Å². The molecule has 5 heteroatoms. The predicted molar refractivity (Wildman–Crippen MR) is 91.9 cm³/mol. The fourth-order valence-corrected chi connectivity index (χ4v) is 1.64. The number of guanidine groups is 1. The van der Waals surface area contributed by atoms with Gasteiger partial charge in [0.25, 0.3) is 0 Å². The van der Waals surface area contributed by atoms with Crippen LogP contribution in [0.1, 0.15) is 11.1 Å². The van der Waals surface area contributed by atoms with Crippen molar-refractivity contribution in [1.82, 2.24) is 0 Å². The van der Waals surface area contributed by atoms with Crippen molar-refractivity contribution in [3.63, 3.8) is 0 Å². The lowest BCUT2D eigenvalue weighted by Crippen LogP contribution is -2.22. The van der Waals surface area contributed by atoms with E-state index in [2.05, 4.69) is 10.3 Å². The van der Waals surface area contributed by atoms with E-state index in [-0.39, 0.29) is 29.8 Å². The Morgan fingerprint density at radius 3 is 2.55 bits per heavy atom. The second-order valence-corrected chi connectivity index (χ2v) is 4.32. The summed E-state index contributed by atoms with van der Waals surface area (Å²) in [6, 6.07) is 14.2. The number of nitrogens with one attached hydrogen (secondary N) is 1. The first kappa shape index (κ1) is 16.4. The molecule has 0 amide bonds. The van der Waals surface area contributed by atoms with E-state index in [0.717, 1.165) is 11.3 Å². The van der Waals surface area contributed by atoms with Crippen LogP contribution in [0.25, 0.3) is 0 Å². The summed E-state index contributed by atoms with van der Waals surface area (Å²) in [5.74, 6) is 0.0471. The first-order valence-electron chi connectivity index (χ1n) is 6.01. The van der Waals surface area contributed by atoms with Crippen molar-refractivity contribution in [3.05, 3.63) is 65.5 Å². The molecule has 0 aliphatic rings. The van der Waals surface area contributed by atoms with E-state index in [1.165, 1.54) is 17.7 Å². The molecule has 2 aromatic carbocycles. The number of hydrogen-bond acceptors (Lipinski definition) is 1. The molecule has 0 bridgehead atoms. The van der Waals surface area contributed by atoms with Crippen LogP contribution in [0.4, 0.5) is 10.1 Å². The van der Waals surface area contributed by atoms with E-state index in [1.54, 1.807) is 6.07 Å². The van der Waals surface area contributed by atoms with Gasteiger partial charge in [-0.15, -0.1) is 24.0 Å². The van der Waals surface area contributed by atoms with Gasteiger partial charge in [-0.1, -0.05) is 29.8 Å². The van der Waals surface area contributed by atoms with E-state index in [9.17, 15) is 4.39 Å². The Morgan fingerprint density at radius 1 is 1.20 bits per heavy atom. The van der Waals surface area contributed by atoms with E-state index in [0.29, 0.717) is 12.5 Å². The molecule has 2 rings (SSSR count). The lowest BCUT2D eigenvalue weighted by molar-refractivity contribution is 0.625. The van der Waals surface area contributed by atoms with Crippen LogP contribution in [0, 0.1) is 12.7 Å². The molecule has 2 aromatic rings. The molecule has 20 heavy (non-hydrogen) atoms. The largest absolute Gasteiger partial charge is 0.370 e. The smallest absolute Gasteiger partial charge is 0.193 e. The molecule has 0 spiro atoms. The zero-order valence-corrected chi connectivity index (χ0v) is 13.5. The molecule has 0 saturated carbocycles. The van der Waals surface area contributed by atoms with Crippen molar-refractivity contribution in [1.29, 1.82) is 0 Å². The SMILES string of the molecule is Cc1ccc(NC(N)=NCc2cccc(F)c2)cc1.I. The van der Waals surface area contributed by atoms with Gasteiger partial charge in [0, 0.05) is 5.69 Å². The van der Waals surface area contributed by atoms with E-state index >= 15 is 0 Å². The molecule has 0 aliphatic carbocycles. The number of hydrogen-bond donors (Lipinski definition) is 2. The number of halogens is 2. The minimum absolute atomic E-state index is 0. The highest BCUT2D eigenvalue weighted by Crippen LogP contribution is 2.08. The molecule has 3 N–H and O–H groups in total. The van der Waals surface area contributed by atoms with Crippen LogP contribution in [-0.4, -0.2) is 5.96 Å². The van der Waals surface area contributed by atoms with Crippen LogP contribution in [0.5, 0.6) is 0 Å². The number of nitrogens with two attached hydrogens (primary N) is 1. The molecule has 0 aliphatic heterocycles. The monoisotopic (exact) mass is 385 g/mol. The molecule has 0 radical (unpaired) electrons. The summed E-state index contributed by atoms with van der Waals surface area (Å²) in [5.41, 5.74) is 8.62. The molecule has 0 saturated heterocycles. The normalized spacial score (nSPS) is 10.8. The second kappa shape index (κ2) is 7.84. The van der Waals surface area contributed by atoms with Crippen LogP contribution < -0.4 is 11.1 Å². The number of aryl methyl sites for hydroxylation is 1. The summed E-state index contributed by atoms with van der Waals surface area (Å²) >= 11 is 0. The summed E-state index contributed by atoms with van der Waals surface area (Å²) in [6.45, 7) is 2.37. The Labute approximate surface area is 135 Å². The van der Waals surface area contributed by atoms with Gasteiger partial charge in [0.15, 0.2) is 5.96 Å². The Kier molecular flexibility index (Phi) is 6.44. The highest BCUT2D eigenvalue weighted by Gasteiger charge is 1.97. The van der Waals surface area contributed by atoms with Gasteiger partial charge >= 0.3 is 0 Å². The Balaban J connectivity index is 0.00000200. The molecule has 0 heterocycles. The highest BCUT2D eigenvalue weighted by molar-refractivity contribution is 14.0. The van der Waals surface area contributed by atoms with Gasteiger partial charge in [0.2, 0.25) is 0 Å². The molecule has 0 fully saturated rings. The van der Waals surface area contributed by atoms with Gasteiger partial charge < -0.3 is 11.1 Å². The number of rotatable bonds is 3. The standard InChI is InChI=1S/C15H16FN3.HI/c1-11-5-7-14(8-6-11)19-15(17)18-10-12-3-2-4-13(16)9-12;/h2-9H,10H2,1H3,(H3,17,18,19);1H. The first-order chi connectivity index (χ1) is 9.13. The maximum Gasteiger partial charge on any atom is 0.193 e. The van der Waals surface area contributed by atoms with Crippen molar-refractivity contribution in [2.45, 2.75) is 13.5 Å². The zero-order valence-electron chi connectivity index (χ0n) is 11.1. The van der Waals surface area contributed by atoms with Gasteiger partial charge in [-0.2, -0.15) is 0 Å². The van der Waals surface area contributed by atoms with Crippen molar-refractivity contribution < 1.29 is 4.39 Å². The first-order valence-corrected chi connectivity index (χ1v) is 6.01. The zero-order chi connectivity index (χ0) is 13.7. The molecular formula is C15H17FIN3. The van der Waals surface area contributed by atoms with Crippen LogP contribution in [0.3, 0.4) is 0 Å². The van der Waals surface area contributed by atoms with Gasteiger partial charge in [-0.05, 0) is 36.8 Å². The van der Waals surface area contributed by atoms with Gasteiger partial charge in [0.05, 0.1) is 6.54 Å². The van der Waals surface area contributed by atoms with Gasteiger partial charge in [-0.25, -0.2) is 9.38 Å². The maximum absolute atomic E-state index is 13.0. The Hall–Kier alpha value is -1.63. The van der Waals surface area contributed by atoms with Crippen molar-refractivity contribution in [2.75, 3.05) is 5.32 Å². The van der Waals surface area contributed by atoms with Crippen molar-refractivity contribution in [2.24, 2.45) is 10.7 Å². The van der Waals surface area contributed by atoms with Crippen molar-refractivity contribution >= 4 is 35.6 Å². The third-order valence-electron chi connectivity index (χ3n) is 2.64. The Morgan fingerprint density at radius 2 is 1.90 bits per heavy atom. The topological polar surface area (TPSA) is 50.4 Å². The average molecular weight is 385 g/mol. The lowest BCUT2D eigenvalue weighted by atomic mass is 10.2. The van der Waals surface area contributed by atoms with Crippen LogP contribution in [0.2, 0.25) is 0 Å². The maximum atomic E-state index is 13.0. The quantitative estimate of drug-likeness (QED) is 0.481. The third-order valence-corrected chi connectivity index (χ3v) is 2.64. The lowest BCUT2D eigenvalue weighted by Gasteiger charge is -2.06. The summed E-state index contributed by atoms with van der Waals surface area (Å²) in [5, 5.41) is 2.99. The number of benzene rings is 2. The summed E-state index contributed by atoms with van der Waals surface area (Å²) in [7, 11) is 0. The van der Waals surface area contributed by atoms with Gasteiger partial charge in [0.1, 0.15) is 5.82 Å². The molecule has 3 nitrogen and oxygen atoms in total. The minimum atomic E-state index is -0.266. The third kappa shape index (κ3) is 5.16. The number of anilines is 1. The van der Waals surface area contributed by atoms with E-state index < -0.39 is 0 Å². The Bertz CT molecular complexity index is 582. The fourth-order valence-electron chi connectivity index (χ4n) is 1.64. The number of aliphatic imine (C=N–C) groups is 1. The summed E-state index contributed by atoms with van der Waals surface area (Å²) in [4.78, 5) is 4.17. The van der Waals surface area contributed by atoms with Crippen LogP contribution in [0.15, 0.2) is 53.5 Å². The summed E-state index contributed by atoms with van der Waals surface area (Å²) in [6.07, 6.45) is 0. The number of nitrogens with zero attached hydrogens (tertiary/aromatic N) is 1. The van der Waals surface area contributed by atoms with Crippen LogP contribution >= 0.6 is 24.0 Å². The molecule has 0 atom stereocenters. The fraction of sp³-hybridized carbons (Fsp3) is 0.133.